The molecular formula is C9H17N3O3. The van der Waals surface area contributed by atoms with Gasteiger partial charge in [0.1, 0.15) is 6.04 Å². The molecule has 0 spiro atoms. The Labute approximate surface area is 88.7 Å². The van der Waals surface area contributed by atoms with Crippen LogP contribution in [0.2, 0.25) is 0 Å². The summed E-state index contributed by atoms with van der Waals surface area (Å²) in [6.07, 6.45) is 0. The van der Waals surface area contributed by atoms with E-state index in [2.05, 4.69) is 5.32 Å². The zero-order valence-electron chi connectivity index (χ0n) is 9.03. The number of hydrogen-bond donors (Lipinski definition) is 2. The van der Waals surface area contributed by atoms with E-state index < -0.39 is 12.1 Å². The molecule has 6 nitrogen and oxygen atoms in total. The van der Waals surface area contributed by atoms with Crippen molar-refractivity contribution in [1.82, 2.24) is 10.2 Å². The largest absolute Gasteiger partial charge is 0.377 e. The van der Waals surface area contributed by atoms with E-state index in [0.717, 1.165) is 0 Å². The van der Waals surface area contributed by atoms with Crippen LogP contribution in [0.1, 0.15) is 6.92 Å². The van der Waals surface area contributed by atoms with E-state index in [4.69, 9.17) is 10.5 Å². The Hall–Kier alpha value is -1.14. The fraction of sp³-hybridized carbons (Fsp3) is 0.778. The molecule has 1 saturated heterocycles. The number of hydrogen-bond acceptors (Lipinski definition) is 4. The van der Waals surface area contributed by atoms with Gasteiger partial charge < -0.3 is 20.7 Å². The molecule has 1 aliphatic rings. The molecule has 0 aromatic carbocycles. The zero-order chi connectivity index (χ0) is 11.4. The van der Waals surface area contributed by atoms with Gasteiger partial charge in [-0.25, -0.2) is 0 Å². The van der Waals surface area contributed by atoms with Crippen LogP contribution in [-0.4, -0.2) is 55.6 Å². The number of ether oxygens (including phenoxy) is 1. The highest BCUT2D eigenvalue weighted by molar-refractivity contribution is 5.89. The molecule has 1 fully saturated rings. The first kappa shape index (κ1) is 11.9. The third-order valence-corrected chi connectivity index (χ3v) is 2.35. The third kappa shape index (κ3) is 2.66. The second kappa shape index (κ2) is 5.09. The van der Waals surface area contributed by atoms with Gasteiger partial charge in [0.2, 0.25) is 11.8 Å². The van der Waals surface area contributed by atoms with Crippen molar-refractivity contribution in [2.45, 2.75) is 19.0 Å². The first-order chi connectivity index (χ1) is 7.07. The molecule has 0 aliphatic carbocycles. The van der Waals surface area contributed by atoms with Crippen LogP contribution in [0.25, 0.3) is 0 Å². The number of nitrogens with one attached hydrogen (secondary N) is 1. The van der Waals surface area contributed by atoms with Gasteiger partial charge in [0.05, 0.1) is 19.3 Å². The number of nitrogens with two attached hydrogens (primary N) is 1. The van der Waals surface area contributed by atoms with Gasteiger partial charge in [-0.1, -0.05) is 0 Å². The second-order valence-corrected chi connectivity index (χ2v) is 3.53. The number of carbonyl (C=O) groups is 2. The lowest BCUT2D eigenvalue weighted by atomic mass is 10.1. The lowest BCUT2D eigenvalue weighted by Gasteiger charge is -2.35. The minimum absolute atomic E-state index is 0.216. The van der Waals surface area contributed by atoms with E-state index in [-0.39, 0.29) is 18.4 Å². The zero-order valence-corrected chi connectivity index (χ0v) is 9.03. The third-order valence-electron chi connectivity index (χ3n) is 2.35. The molecule has 3 N–H and O–H groups in total. The molecule has 15 heavy (non-hydrogen) atoms. The molecule has 1 aliphatic heterocycles. The molecule has 2 atom stereocenters. The summed E-state index contributed by atoms with van der Waals surface area (Å²) in [4.78, 5) is 24.7. The normalized spacial score (nSPS) is 23.4. The Morgan fingerprint density at radius 1 is 1.60 bits per heavy atom. The summed E-state index contributed by atoms with van der Waals surface area (Å²) in [5.74, 6) is -0.435. The van der Waals surface area contributed by atoms with Gasteiger partial charge in [-0.2, -0.15) is 0 Å². The van der Waals surface area contributed by atoms with E-state index in [1.807, 2.05) is 0 Å². The average molecular weight is 215 g/mol. The highest BCUT2D eigenvalue weighted by Crippen LogP contribution is 2.08. The number of likely N-dealkylation sites (N-methyl/N-ethyl adjacent to an activating group) is 1. The molecule has 1 heterocycles. The number of carbonyl (C=O) groups excluding carboxylic acids is 2. The molecule has 0 bridgehead atoms. The monoisotopic (exact) mass is 215 g/mol. The second-order valence-electron chi connectivity index (χ2n) is 3.53. The Morgan fingerprint density at radius 2 is 2.27 bits per heavy atom. The molecular weight excluding hydrogens is 198 g/mol. The molecule has 0 aromatic heterocycles. The van der Waals surface area contributed by atoms with Gasteiger partial charge in [-0.05, 0) is 6.92 Å². The molecule has 0 radical (unpaired) electrons. The van der Waals surface area contributed by atoms with Crippen molar-refractivity contribution >= 4 is 11.8 Å². The molecule has 0 saturated carbocycles. The van der Waals surface area contributed by atoms with Crippen molar-refractivity contribution in [3.63, 3.8) is 0 Å². The molecule has 2 amide bonds. The SMILES string of the molecule is CNC(=O)C1COCCN1C(=O)C(C)N. The van der Waals surface area contributed by atoms with Crippen LogP contribution in [0.4, 0.5) is 0 Å². The summed E-state index contributed by atoms with van der Waals surface area (Å²) in [6, 6.07) is -1.14. The van der Waals surface area contributed by atoms with E-state index in [1.54, 1.807) is 6.92 Å². The van der Waals surface area contributed by atoms with Crippen molar-refractivity contribution in [1.29, 1.82) is 0 Å². The maximum absolute atomic E-state index is 11.7. The molecule has 0 aromatic rings. The summed E-state index contributed by atoms with van der Waals surface area (Å²) >= 11 is 0. The number of amides is 2. The van der Waals surface area contributed by atoms with Crippen LogP contribution in [0.15, 0.2) is 0 Å². The summed E-state index contributed by atoms with van der Waals surface area (Å²) in [6.45, 7) is 2.71. The number of morpholine rings is 1. The Bertz CT molecular complexity index is 255. The van der Waals surface area contributed by atoms with Crippen LogP contribution in [0, 0.1) is 0 Å². The van der Waals surface area contributed by atoms with Gasteiger partial charge in [-0.3, -0.25) is 9.59 Å². The van der Waals surface area contributed by atoms with E-state index >= 15 is 0 Å². The first-order valence-electron chi connectivity index (χ1n) is 4.93. The Balaban J connectivity index is 2.73. The van der Waals surface area contributed by atoms with Crippen LogP contribution in [0.3, 0.4) is 0 Å². The van der Waals surface area contributed by atoms with Crippen LogP contribution in [0.5, 0.6) is 0 Å². The minimum atomic E-state index is -0.588. The molecule has 6 heteroatoms. The van der Waals surface area contributed by atoms with Gasteiger partial charge in [-0.15, -0.1) is 0 Å². The highest BCUT2D eigenvalue weighted by Gasteiger charge is 2.33. The van der Waals surface area contributed by atoms with Crippen molar-refractivity contribution in [2.75, 3.05) is 26.8 Å². The van der Waals surface area contributed by atoms with Crippen molar-refractivity contribution in [2.24, 2.45) is 5.73 Å². The predicted octanol–water partition coefficient (Wildman–Crippen LogP) is -1.69. The fourth-order valence-electron chi connectivity index (χ4n) is 1.51. The van der Waals surface area contributed by atoms with Crippen LogP contribution < -0.4 is 11.1 Å². The molecule has 2 unspecified atom stereocenters. The van der Waals surface area contributed by atoms with E-state index in [1.165, 1.54) is 11.9 Å². The Kier molecular flexibility index (Phi) is 4.05. The Morgan fingerprint density at radius 3 is 2.80 bits per heavy atom. The maximum atomic E-state index is 11.7. The standard InChI is InChI=1S/C9H17N3O3/c1-6(10)9(14)12-3-4-15-5-7(12)8(13)11-2/h6-7H,3-5,10H2,1-2H3,(H,11,13). The van der Waals surface area contributed by atoms with Gasteiger partial charge in [0.15, 0.2) is 0 Å². The van der Waals surface area contributed by atoms with E-state index in [9.17, 15) is 9.59 Å². The summed E-state index contributed by atoms with van der Waals surface area (Å²) < 4.78 is 5.17. The topological polar surface area (TPSA) is 84.7 Å². The first-order valence-corrected chi connectivity index (χ1v) is 4.93. The van der Waals surface area contributed by atoms with Crippen LogP contribution >= 0.6 is 0 Å². The highest BCUT2D eigenvalue weighted by atomic mass is 16.5. The average Bonchev–Trinajstić information content (AvgIpc) is 2.27. The number of rotatable bonds is 2. The van der Waals surface area contributed by atoms with Crippen molar-refractivity contribution < 1.29 is 14.3 Å². The van der Waals surface area contributed by atoms with Crippen molar-refractivity contribution in [3.8, 4) is 0 Å². The lowest BCUT2D eigenvalue weighted by molar-refractivity contribution is -0.148. The minimum Gasteiger partial charge on any atom is -0.377 e. The van der Waals surface area contributed by atoms with E-state index in [0.29, 0.717) is 13.2 Å². The summed E-state index contributed by atoms with van der Waals surface area (Å²) in [5.41, 5.74) is 5.51. The quantitative estimate of drug-likeness (QED) is 0.575. The maximum Gasteiger partial charge on any atom is 0.244 e. The van der Waals surface area contributed by atoms with Gasteiger partial charge >= 0.3 is 0 Å². The van der Waals surface area contributed by atoms with Crippen molar-refractivity contribution in [3.05, 3.63) is 0 Å². The predicted molar refractivity (Wildman–Crippen MR) is 54.0 cm³/mol. The fourth-order valence-corrected chi connectivity index (χ4v) is 1.51. The van der Waals surface area contributed by atoms with Gasteiger partial charge in [0, 0.05) is 13.6 Å². The number of nitrogens with zero attached hydrogens (tertiary/aromatic N) is 1. The molecule has 1 rings (SSSR count). The summed E-state index contributed by atoms with van der Waals surface area (Å²) in [7, 11) is 1.53. The summed E-state index contributed by atoms with van der Waals surface area (Å²) in [5, 5.41) is 2.50. The lowest BCUT2D eigenvalue weighted by Crippen LogP contribution is -2.58. The van der Waals surface area contributed by atoms with Gasteiger partial charge in [0.25, 0.3) is 0 Å². The molecule has 86 valence electrons. The smallest absolute Gasteiger partial charge is 0.244 e. The van der Waals surface area contributed by atoms with Crippen LogP contribution in [-0.2, 0) is 14.3 Å².